The molecule has 0 unspecified atom stereocenters. The van der Waals surface area contributed by atoms with Gasteiger partial charge in [0.2, 0.25) is 0 Å². The zero-order valence-corrected chi connectivity index (χ0v) is 9.28. The molecule has 0 spiro atoms. The zero-order valence-electron chi connectivity index (χ0n) is 7.65. The highest BCUT2D eigenvalue weighted by Crippen LogP contribution is 2.11. The monoisotopic (exact) mass is 209 g/mol. The van der Waals surface area contributed by atoms with Gasteiger partial charge in [0, 0.05) is 10.2 Å². The van der Waals surface area contributed by atoms with Crippen LogP contribution in [0.1, 0.15) is 18.7 Å². The SMILES string of the molecule is C/C=C(C=S)\N=C(/C)c1cccs1. The van der Waals surface area contributed by atoms with Crippen molar-refractivity contribution in [2.24, 2.45) is 4.99 Å². The normalized spacial score (nSPS) is 13.1. The highest BCUT2D eigenvalue weighted by Gasteiger charge is 1.97. The van der Waals surface area contributed by atoms with E-state index in [9.17, 15) is 0 Å². The number of thiocarbonyl (C=S) groups is 1. The van der Waals surface area contributed by atoms with Crippen LogP contribution in [0.5, 0.6) is 0 Å². The summed E-state index contributed by atoms with van der Waals surface area (Å²) in [6.07, 6.45) is 1.91. The second-order valence-electron chi connectivity index (χ2n) is 2.51. The molecular weight excluding hydrogens is 198 g/mol. The average molecular weight is 209 g/mol. The quantitative estimate of drug-likeness (QED) is 0.422. The van der Waals surface area contributed by atoms with Crippen molar-refractivity contribution >= 4 is 34.6 Å². The van der Waals surface area contributed by atoms with Crippen LogP contribution in [-0.4, -0.2) is 11.1 Å². The van der Waals surface area contributed by atoms with E-state index in [2.05, 4.69) is 11.1 Å². The molecule has 3 heteroatoms. The third kappa shape index (κ3) is 2.86. The Labute approximate surface area is 87.8 Å². The minimum atomic E-state index is 0.848. The van der Waals surface area contributed by atoms with Gasteiger partial charge in [-0.3, -0.25) is 4.99 Å². The van der Waals surface area contributed by atoms with Gasteiger partial charge in [0.1, 0.15) is 0 Å². The van der Waals surface area contributed by atoms with Crippen LogP contribution in [0.2, 0.25) is 0 Å². The molecule has 0 aliphatic rings. The van der Waals surface area contributed by atoms with Gasteiger partial charge in [-0.25, -0.2) is 0 Å². The molecule has 1 nitrogen and oxygen atoms in total. The second kappa shape index (κ2) is 5.04. The fourth-order valence-corrected chi connectivity index (χ4v) is 1.76. The van der Waals surface area contributed by atoms with Gasteiger partial charge >= 0.3 is 0 Å². The summed E-state index contributed by atoms with van der Waals surface area (Å²) in [5, 5.41) is 3.64. The second-order valence-corrected chi connectivity index (χ2v) is 3.69. The molecule has 0 atom stereocenters. The van der Waals surface area contributed by atoms with E-state index in [4.69, 9.17) is 12.2 Å². The molecule has 0 aliphatic carbocycles. The lowest BCUT2D eigenvalue weighted by molar-refractivity contribution is 1.44. The molecule has 0 amide bonds. The molecule has 1 heterocycles. The first kappa shape index (κ1) is 10.3. The van der Waals surface area contributed by atoms with Crippen LogP contribution >= 0.6 is 23.6 Å². The van der Waals surface area contributed by atoms with E-state index in [-0.39, 0.29) is 0 Å². The van der Waals surface area contributed by atoms with E-state index in [0.29, 0.717) is 0 Å². The van der Waals surface area contributed by atoms with Crippen LogP contribution in [0, 0.1) is 0 Å². The fraction of sp³-hybridized carbons (Fsp3) is 0.200. The maximum absolute atomic E-state index is 4.82. The Morgan fingerprint density at radius 2 is 2.38 bits per heavy atom. The summed E-state index contributed by atoms with van der Waals surface area (Å²) >= 11 is 6.51. The van der Waals surface area contributed by atoms with Crippen molar-refractivity contribution in [3.63, 3.8) is 0 Å². The average Bonchev–Trinajstić information content (AvgIpc) is 2.66. The standard InChI is InChI=1S/C10H11NS2/c1-3-9(7-12)11-8(2)10-5-4-6-13-10/h3-7H,1-2H3/b9-3-,11-8+. The number of thiophene rings is 1. The van der Waals surface area contributed by atoms with Crippen LogP contribution in [0.15, 0.2) is 34.3 Å². The smallest absolute Gasteiger partial charge is 0.0698 e. The van der Waals surface area contributed by atoms with Crippen LogP contribution in [0.3, 0.4) is 0 Å². The minimum Gasteiger partial charge on any atom is -0.252 e. The van der Waals surface area contributed by atoms with Gasteiger partial charge in [-0.2, -0.15) is 0 Å². The Morgan fingerprint density at radius 3 is 2.85 bits per heavy atom. The van der Waals surface area contributed by atoms with Crippen molar-refractivity contribution < 1.29 is 0 Å². The maximum Gasteiger partial charge on any atom is 0.0698 e. The van der Waals surface area contributed by atoms with Crippen molar-refractivity contribution in [3.8, 4) is 0 Å². The topological polar surface area (TPSA) is 12.4 Å². The van der Waals surface area contributed by atoms with E-state index in [0.717, 1.165) is 11.4 Å². The Hall–Kier alpha value is -0.800. The van der Waals surface area contributed by atoms with Crippen molar-refractivity contribution in [1.29, 1.82) is 0 Å². The lowest BCUT2D eigenvalue weighted by Crippen LogP contribution is -1.91. The summed E-state index contributed by atoms with van der Waals surface area (Å²) in [5.41, 5.74) is 1.87. The first-order chi connectivity index (χ1) is 6.27. The highest BCUT2D eigenvalue weighted by atomic mass is 32.1. The molecule has 0 N–H and O–H groups in total. The predicted molar refractivity (Wildman–Crippen MR) is 63.9 cm³/mol. The Bertz CT molecular complexity index is 334. The lowest BCUT2D eigenvalue weighted by atomic mass is 10.3. The van der Waals surface area contributed by atoms with Crippen molar-refractivity contribution in [2.75, 3.05) is 0 Å². The molecule has 0 aromatic carbocycles. The molecule has 13 heavy (non-hydrogen) atoms. The lowest BCUT2D eigenvalue weighted by Gasteiger charge is -1.95. The van der Waals surface area contributed by atoms with Gasteiger partial charge in [0.25, 0.3) is 0 Å². The van der Waals surface area contributed by atoms with Crippen molar-refractivity contribution in [2.45, 2.75) is 13.8 Å². The summed E-state index contributed by atoms with van der Waals surface area (Å²) in [7, 11) is 0. The van der Waals surface area contributed by atoms with Crippen LogP contribution in [0.4, 0.5) is 0 Å². The molecule has 1 aromatic heterocycles. The minimum absolute atomic E-state index is 0.848. The van der Waals surface area contributed by atoms with Gasteiger partial charge in [0.05, 0.1) is 11.4 Å². The summed E-state index contributed by atoms with van der Waals surface area (Å²) < 4.78 is 0. The molecule has 0 aliphatic heterocycles. The van der Waals surface area contributed by atoms with Crippen molar-refractivity contribution in [1.82, 2.24) is 0 Å². The van der Waals surface area contributed by atoms with E-state index in [1.807, 2.05) is 31.4 Å². The summed E-state index contributed by atoms with van der Waals surface area (Å²) in [6, 6.07) is 4.08. The summed E-state index contributed by atoms with van der Waals surface area (Å²) in [6.45, 7) is 3.93. The molecular formula is C10H11NS2. The van der Waals surface area contributed by atoms with Gasteiger partial charge in [-0.1, -0.05) is 24.4 Å². The molecule has 68 valence electrons. The van der Waals surface area contributed by atoms with E-state index in [1.54, 1.807) is 16.7 Å². The summed E-state index contributed by atoms with van der Waals surface area (Å²) in [4.78, 5) is 5.58. The Morgan fingerprint density at radius 1 is 1.62 bits per heavy atom. The fourth-order valence-electron chi connectivity index (χ4n) is 0.892. The molecule has 1 aromatic rings. The van der Waals surface area contributed by atoms with Crippen LogP contribution in [0.25, 0.3) is 0 Å². The van der Waals surface area contributed by atoms with E-state index >= 15 is 0 Å². The maximum atomic E-state index is 4.82. The van der Waals surface area contributed by atoms with Gasteiger partial charge in [0.15, 0.2) is 0 Å². The zero-order chi connectivity index (χ0) is 9.68. The van der Waals surface area contributed by atoms with Crippen LogP contribution < -0.4 is 0 Å². The third-order valence-corrected chi connectivity index (χ3v) is 2.81. The molecule has 0 fully saturated rings. The molecule has 1 rings (SSSR count). The number of rotatable bonds is 3. The number of hydrogen-bond donors (Lipinski definition) is 0. The van der Waals surface area contributed by atoms with Crippen LogP contribution in [-0.2, 0) is 0 Å². The van der Waals surface area contributed by atoms with Gasteiger partial charge in [-0.15, -0.1) is 11.3 Å². The van der Waals surface area contributed by atoms with Crippen molar-refractivity contribution in [3.05, 3.63) is 34.2 Å². The Kier molecular flexibility index (Phi) is 3.99. The predicted octanol–water partition coefficient (Wildman–Crippen LogP) is 3.46. The number of allylic oxidation sites excluding steroid dienone is 2. The summed E-state index contributed by atoms with van der Waals surface area (Å²) in [5.74, 6) is 0. The molecule has 0 saturated heterocycles. The van der Waals surface area contributed by atoms with E-state index in [1.165, 1.54) is 4.88 Å². The first-order valence-electron chi connectivity index (χ1n) is 3.98. The number of nitrogens with zero attached hydrogens (tertiary/aromatic N) is 1. The molecule has 0 bridgehead atoms. The number of aliphatic imine (C=N–C) groups is 1. The van der Waals surface area contributed by atoms with Gasteiger partial charge in [-0.05, 0) is 25.3 Å². The number of hydrogen-bond acceptors (Lipinski definition) is 3. The highest BCUT2D eigenvalue weighted by molar-refractivity contribution is 7.79. The largest absolute Gasteiger partial charge is 0.252 e. The van der Waals surface area contributed by atoms with Gasteiger partial charge < -0.3 is 0 Å². The third-order valence-electron chi connectivity index (χ3n) is 1.59. The first-order valence-corrected chi connectivity index (χ1v) is 5.33. The molecule has 0 radical (unpaired) electrons. The van der Waals surface area contributed by atoms with E-state index < -0.39 is 0 Å². The Balaban J connectivity index is 2.89. The molecule has 0 saturated carbocycles.